The predicted molar refractivity (Wildman–Crippen MR) is 89.5 cm³/mol. The van der Waals surface area contributed by atoms with Crippen LogP contribution < -0.4 is 0 Å². The van der Waals surface area contributed by atoms with Crippen LogP contribution in [0.25, 0.3) is 0 Å². The van der Waals surface area contributed by atoms with Crippen molar-refractivity contribution in [2.45, 2.75) is 44.6 Å². The Morgan fingerprint density at radius 2 is 1.82 bits per heavy atom. The molecule has 130 valence electrons. The fourth-order valence-corrected chi connectivity index (χ4v) is 4.60. The van der Waals surface area contributed by atoms with Gasteiger partial charge in [0, 0.05) is 37.9 Å². The molecule has 22 heavy (non-hydrogen) atoms. The van der Waals surface area contributed by atoms with Crippen molar-refractivity contribution in [3.63, 3.8) is 0 Å². The summed E-state index contributed by atoms with van der Waals surface area (Å²) >= 11 is 2.02. The normalized spacial score (nSPS) is 22.4. The van der Waals surface area contributed by atoms with Crippen molar-refractivity contribution in [1.82, 2.24) is 9.21 Å². The molecule has 2 saturated heterocycles. The first-order chi connectivity index (χ1) is 10.6. The molecule has 0 atom stereocenters. The second kappa shape index (κ2) is 9.44. The summed E-state index contributed by atoms with van der Waals surface area (Å²) in [5, 5.41) is 0. The standard InChI is InChI=1S/C14H28N2O4S2/c17-22(18,19)16-8-5-14(6-9-16)20-11-4-2-1-3-7-15-10-12-21-13-15/h14H,1-13H2,(H,17,18,19). The molecule has 1 N–H and O–H groups in total. The van der Waals surface area contributed by atoms with E-state index in [9.17, 15) is 8.42 Å². The van der Waals surface area contributed by atoms with Crippen molar-refractivity contribution < 1.29 is 17.7 Å². The van der Waals surface area contributed by atoms with Gasteiger partial charge in [0.15, 0.2) is 0 Å². The molecule has 0 aliphatic carbocycles. The van der Waals surface area contributed by atoms with E-state index in [1.165, 1.54) is 44.0 Å². The molecule has 2 aliphatic rings. The Morgan fingerprint density at radius 1 is 1.09 bits per heavy atom. The minimum absolute atomic E-state index is 0.139. The van der Waals surface area contributed by atoms with Crippen LogP contribution in [-0.2, 0) is 15.0 Å². The molecule has 0 amide bonds. The Labute approximate surface area is 138 Å². The summed E-state index contributed by atoms with van der Waals surface area (Å²) in [6, 6.07) is 0. The van der Waals surface area contributed by atoms with Crippen molar-refractivity contribution in [2.75, 3.05) is 44.4 Å². The minimum Gasteiger partial charge on any atom is -0.378 e. The first-order valence-electron chi connectivity index (χ1n) is 8.20. The van der Waals surface area contributed by atoms with Gasteiger partial charge in [0.1, 0.15) is 0 Å². The van der Waals surface area contributed by atoms with Crippen LogP contribution in [0.4, 0.5) is 0 Å². The molecule has 0 aromatic carbocycles. The lowest BCUT2D eigenvalue weighted by atomic mass is 10.1. The topological polar surface area (TPSA) is 70.1 Å². The molecule has 8 heteroatoms. The molecule has 2 heterocycles. The molecule has 0 aromatic heterocycles. The van der Waals surface area contributed by atoms with E-state index in [2.05, 4.69) is 4.90 Å². The summed E-state index contributed by atoms with van der Waals surface area (Å²) < 4.78 is 37.8. The zero-order valence-corrected chi connectivity index (χ0v) is 14.8. The van der Waals surface area contributed by atoms with Gasteiger partial charge in [-0.3, -0.25) is 9.45 Å². The van der Waals surface area contributed by atoms with E-state index in [4.69, 9.17) is 9.29 Å². The third-order valence-electron chi connectivity index (χ3n) is 4.28. The van der Waals surface area contributed by atoms with Crippen LogP contribution in [0.15, 0.2) is 0 Å². The van der Waals surface area contributed by atoms with E-state index in [1.807, 2.05) is 11.8 Å². The predicted octanol–water partition coefficient (Wildman–Crippen LogP) is 1.84. The second-order valence-electron chi connectivity index (χ2n) is 6.02. The van der Waals surface area contributed by atoms with E-state index in [0.717, 1.165) is 17.3 Å². The number of ether oxygens (including phenoxy) is 1. The Morgan fingerprint density at radius 3 is 2.45 bits per heavy atom. The molecule has 6 nitrogen and oxygen atoms in total. The third-order valence-corrected chi connectivity index (χ3v) is 6.31. The lowest BCUT2D eigenvalue weighted by Crippen LogP contribution is -2.40. The Kier molecular flexibility index (Phi) is 7.93. The van der Waals surface area contributed by atoms with E-state index in [1.54, 1.807) is 0 Å². The molecule has 0 spiro atoms. The molecular weight excluding hydrogens is 324 g/mol. The lowest BCUT2D eigenvalue weighted by molar-refractivity contribution is 0.0181. The maximum absolute atomic E-state index is 11.0. The van der Waals surface area contributed by atoms with E-state index >= 15 is 0 Å². The number of unbranched alkanes of at least 4 members (excludes halogenated alkanes) is 3. The lowest BCUT2D eigenvalue weighted by Gasteiger charge is -2.29. The van der Waals surface area contributed by atoms with Gasteiger partial charge in [0.25, 0.3) is 0 Å². The fourth-order valence-electron chi connectivity index (χ4n) is 2.90. The third kappa shape index (κ3) is 6.72. The highest BCUT2D eigenvalue weighted by molar-refractivity contribution is 7.99. The molecule has 0 bridgehead atoms. The molecular formula is C14H28N2O4S2. The highest BCUT2D eigenvalue weighted by Crippen LogP contribution is 2.17. The van der Waals surface area contributed by atoms with Gasteiger partial charge in [-0.2, -0.15) is 12.7 Å². The highest BCUT2D eigenvalue weighted by Gasteiger charge is 2.26. The van der Waals surface area contributed by atoms with E-state index in [0.29, 0.717) is 25.9 Å². The number of nitrogens with zero attached hydrogens (tertiary/aromatic N) is 2. The summed E-state index contributed by atoms with van der Waals surface area (Å²) in [6.45, 7) is 3.95. The van der Waals surface area contributed by atoms with Gasteiger partial charge in [-0.05, 0) is 32.2 Å². The highest BCUT2D eigenvalue weighted by atomic mass is 32.2. The van der Waals surface area contributed by atoms with Crippen LogP contribution in [0.5, 0.6) is 0 Å². The molecule has 0 unspecified atom stereocenters. The van der Waals surface area contributed by atoms with Crippen LogP contribution in [0.2, 0.25) is 0 Å². The monoisotopic (exact) mass is 352 g/mol. The fraction of sp³-hybridized carbons (Fsp3) is 1.00. The molecule has 0 radical (unpaired) electrons. The summed E-state index contributed by atoms with van der Waals surface area (Å²) in [4.78, 5) is 2.52. The van der Waals surface area contributed by atoms with Crippen molar-refractivity contribution in [3.05, 3.63) is 0 Å². The second-order valence-corrected chi connectivity index (χ2v) is 8.50. The molecule has 0 saturated carbocycles. The van der Waals surface area contributed by atoms with E-state index in [-0.39, 0.29) is 6.10 Å². The van der Waals surface area contributed by atoms with Crippen molar-refractivity contribution >= 4 is 22.1 Å². The van der Waals surface area contributed by atoms with Crippen molar-refractivity contribution in [2.24, 2.45) is 0 Å². The van der Waals surface area contributed by atoms with Crippen LogP contribution in [0.3, 0.4) is 0 Å². The summed E-state index contributed by atoms with van der Waals surface area (Å²) in [7, 11) is -4.02. The van der Waals surface area contributed by atoms with Gasteiger partial charge in [0.05, 0.1) is 6.10 Å². The van der Waals surface area contributed by atoms with Gasteiger partial charge in [-0.25, -0.2) is 0 Å². The van der Waals surface area contributed by atoms with Gasteiger partial charge < -0.3 is 4.74 Å². The van der Waals surface area contributed by atoms with Gasteiger partial charge >= 0.3 is 10.3 Å². The van der Waals surface area contributed by atoms with Crippen LogP contribution in [-0.4, -0.2) is 72.7 Å². The summed E-state index contributed by atoms with van der Waals surface area (Å²) in [5.74, 6) is 2.48. The number of piperidine rings is 1. The Bertz CT molecular complexity index is 405. The maximum Gasteiger partial charge on any atom is 0.335 e. The molecule has 2 fully saturated rings. The van der Waals surface area contributed by atoms with Crippen LogP contribution in [0.1, 0.15) is 38.5 Å². The summed E-state index contributed by atoms with van der Waals surface area (Å²) in [6.07, 6.45) is 6.29. The smallest absolute Gasteiger partial charge is 0.335 e. The number of rotatable bonds is 9. The van der Waals surface area contributed by atoms with Gasteiger partial charge in [-0.1, -0.05) is 12.8 Å². The quantitative estimate of drug-likeness (QED) is 0.504. The largest absolute Gasteiger partial charge is 0.378 e. The first kappa shape index (κ1) is 18.5. The zero-order chi connectivity index (χ0) is 15.8. The Hall–Kier alpha value is 0.140. The van der Waals surface area contributed by atoms with E-state index < -0.39 is 10.3 Å². The number of hydrogen-bond donors (Lipinski definition) is 1. The van der Waals surface area contributed by atoms with Crippen molar-refractivity contribution in [3.8, 4) is 0 Å². The van der Waals surface area contributed by atoms with Crippen LogP contribution >= 0.6 is 11.8 Å². The first-order valence-corrected chi connectivity index (χ1v) is 10.7. The van der Waals surface area contributed by atoms with Crippen LogP contribution in [0, 0.1) is 0 Å². The molecule has 0 aromatic rings. The minimum atomic E-state index is -4.02. The number of hydrogen-bond acceptors (Lipinski definition) is 5. The average Bonchev–Trinajstić information content (AvgIpc) is 2.99. The summed E-state index contributed by atoms with van der Waals surface area (Å²) in [5.41, 5.74) is 0. The SMILES string of the molecule is O=S(=O)(O)N1CCC(OCCCCCCN2CCSC2)CC1. The maximum atomic E-state index is 11.0. The average molecular weight is 353 g/mol. The molecule has 2 rings (SSSR count). The van der Waals surface area contributed by atoms with Gasteiger partial charge in [0.2, 0.25) is 0 Å². The Balaban J connectivity index is 1.43. The van der Waals surface area contributed by atoms with Gasteiger partial charge in [-0.15, -0.1) is 11.8 Å². The number of thioether (sulfide) groups is 1. The van der Waals surface area contributed by atoms with Crippen molar-refractivity contribution in [1.29, 1.82) is 0 Å². The zero-order valence-electron chi connectivity index (χ0n) is 13.2. The molecule has 2 aliphatic heterocycles.